The van der Waals surface area contributed by atoms with Crippen LogP contribution in [0, 0.1) is 0 Å². The Morgan fingerprint density at radius 2 is 0.603 bits per heavy atom. The molecule has 58 heavy (non-hydrogen) atoms. The second-order valence-corrected chi connectivity index (χ2v) is 19.3. The number of nitrogens with zero attached hydrogens (tertiary/aromatic N) is 2. The van der Waals surface area contributed by atoms with Crippen LogP contribution >= 0.6 is 0 Å². The SMILES string of the molecule is c1ccc(-c2ccccc2N2c3cccc4c3B3c5c2cccc5[Si](c2ccccc2)(c2ccccc2)c2cccc(c23)N4c2ccccc2-c2ccccc2)cc1. The molecule has 0 N–H and O–H groups in total. The smallest absolute Gasteiger partial charge is 0.251 e. The van der Waals surface area contributed by atoms with Gasteiger partial charge in [-0.2, -0.15) is 0 Å². The van der Waals surface area contributed by atoms with Crippen molar-refractivity contribution < 1.29 is 0 Å². The first-order valence-electron chi connectivity index (χ1n) is 20.2. The third-order valence-electron chi connectivity index (χ3n) is 12.7. The molecule has 0 unspecified atom stereocenters. The lowest BCUT2D eigenvalue weighted by atomic mass is 9.33. The summed E-state index contributed by atoms with van der Waals surface area (Å²) in [6.45, 7) is 0.0527. The van der Waals surface area contributed by atoms with Gasteiger partial charge in [0.25, 0.3) is 6.71 Å². The number of rotatable bonds is 6. The number of benzene rings is 9. The van der Waals surface area contributed by atoms with E-state index in [2.05, 4.69) is 234 Å². The first kappa shape index (κ1) is 33.0. The topological polar surface area (TPSA) is 6.48 Å². The summed E-state index contributed by atoms with van der Waals surface area (Å²) in [6, 6.07) is 83.9. The summed E-state index contributed by atoms with van der Waals surface area (Å²) in [5.41, 5.74) is 16.4. The predicted octanol–water partition coefficient (Wildman–Crippen LogP) is 8.79. The fourth-order valence-electron chi connectivity index (χ4n) is 10.6. The lowest BCUT2D eigenvalue weighted by Crippen LogP contribution is -2.88. The van der Waals surface area contributed by atoms with E-state index in [1.165, 1.54) is 93.5 Å². The van der Waals surface area contributed by atoms with E-state index >= 15 is 0 Å². The average Bonchev–Trinajstić information content (AvgIpc) is 3.30. The Morgan fingerprint density at radius 3 is 1.03 bits per heavy atom. The van der Waals surface area contributed by atoms with E-state index in [1.807, 2.05) is 0 Å². The van der Waals surface area contributed by atoms with Gasteiger partial charge < -0.3 is 9.80 Å². The van der Waals surface area contributed by atoms with Gasteiger partial charge in [0.1, 0.15) is 0 Å². The number of hydrogen-bond donors (Lipinski definition) is 0. The monoisotopic (exact) mass is 752 g/mol. The van der Waals surface area contributed by atoms with Gasteiger partial charge >= 0.3 is 0 Å². The molecule has 0 spiro atoms. The molecule has 9 aromatic carbocycles. The van der Waals surface area contributed by atoms with Crippen LogP contribution in [0.25, 0.3) is 22.3 Å². The van der Waals surface area contributed by atoms with Gasteiger partial charge in [-0.15, -0.1) is 0 Å². The molecule has 0 fully saturated rings. The van der Waals surface area contributed by atoms with Crippen LogP contribution in [-0.2, 0) is 0 Å². The average molecular weight is 753 g/mol. The van der Waals surface area contributed by atoms with Crippen molar-refractivity contribution in [3.63, 3.8) is 0 Å². The predicted molar refractivity (Wildman–Crippen MR) is 249 cm³/mol. The van der Waals surface area contributed by atoms with Crippen LogP contribution in [0.5, 0.6) is 0 Å². The third kappa shape index (κ3) is 4.55. The molecule has 0 saturated heterocycles. The van der Waals surface area contributed by atoms with E-state index in [-0.39, 0.29) is 6.71 Å². The van der Waals surface area contributed by atoms with E-state index in [1.54, 1.807) is 0 Å². The summed E-state index contributed by atoms with van der Waals surface area (Å²) >= 11 is 0. The zero-order valence-electron chi connectivity index (χ0n) is 31.8. The molecule has 3 aliphatic heterocycles. The summed E-state index contributed by atoms with van der Waals surface area (Å²) in [7, 11) is -2.92. The van der Waals surface area contributed by atoms with Crippen molar-refractivity contribution in [3.8, 4) is 22.3 Å². The maximum absolute atomic E-state index is 2.92. The second-order valence-electron chi connectivity index (χ2n) is 15.5. The maximum Gasteiger partial charge on any atom is 0.251 e. The third-order valence-corrected chi connectivity index (χ3v) is 17.6. The Bertz CT molecular complexity index is 2820. The minimum Gasteiger partial charge on any atom is -0.311 e. The largest absolute Gasteiger partial charge is 0.311 e. The van der Waals surface area contributed by atoms with Gasteiger partial charge in [0.2, 0.25) is 0 Å². The molecule has 12 rings (SSSR count). The highest BCUT2D eigenvalue weighted by atomic mass is 28.3. The minimum atomic E-state index is -2.92. The van der Waals surface area contributed by atoms with Gasteiger partial charge in [-0.05, 0) is 84.7 Å². The number of para-hydroxylation sites is 2. The molecular formula is C54H37BN2Si. The van der Waals surface area contributed by atoms with Crippen LogP contribution in [0.3, 0.4) is 0 Å². The van der Waals surface area contributed by atoms with Crippen molar-refractivity contribution in [2.75, 3.05) is 9.80 Å². The Kier molecular flexibility index (Phi) is 7.38. The van der Waals surface area contributed by atoms with Crippen LogP contribution in [0.15, 0.2) is 224 Å². The standard InChI is InChI=1S/C54H37BN2Si/c1-5-20-38(21-6-1)42-28-13-15-30-44(42)56-46-32-17-33-47-52(46)55-53-48(56)34-18-36-50(53)58(40-24-9-3-10-25-40,41-26-11-4-12-27-41)51-37-19-35-49(54(51)55)57(47)45-31-16-14-29-43(45)39-22-7-2-8-23-39/h1-37H. The Labute approximate surface area is 341 Å². The normalized spacial score (nSPS) is 13.9. The maximum atomic E-state index is 2.59. The quantitative estimate of drug-likeness (QED) is 0.157. The van der Waals surface area contributed by atoms with Crippen LogP contribution in [0.2, 0.25) is 0 Å². The van der Waals surface area contributed by atoms with Crippen molar-refractivity contribution in [1.82, 2.24) is 0 Å². The second kappa shape index (κ2) is 13.0. The highest BCUT2D eigenvalue weighted by molar-refractivity contribution is 7.27. The molecule has 0 saturated carbocycles. The van der Waals surface area contributed by atoms with E-state index in [4.69, 9.17) is 0 Å². The van der Waals surface area contributed by atoms with E-state index < -0.39 is 8.07 Å². The molecular weight excluding hydrogens is 716 g/mol. The lowest BCUT2D eigenvalue weighted by molar-refractivity contribution is 1.25. The molecule has 3 aliphatic rings. The fraction of sp³-hybridized carbons (Fsp3) is 0. The molecule has 0 aliphatic carbocycles. The summed E-state index contributed by atoms with van der Waals surface area (Å²) < 4.78 is 0. The first-order chi connectivity index (χ1) is 28.8. The Balaban J connectivity index is 1.26. The summed E-state index contributed by atoms with van der Waals surface area (Å²) in [4.78, 5) is 5.18. The van der Waals surface area contributed by atoms with Gasteiger partial charge in [0.05, 0.1) is 11.4 Å². The molecule has 4 heteroatoms. The molecule has 270 valence electrons. The summed E-state index contributed by atoms with van der Waals surface area (Å²) in [6.07, 6.45) is 0. The molecule has 0 amide bonds. The van der Waals surface area contributed by atoms with Crippen molar-refractivity contribution >= 4 is 86.0 Å². The van der Waals surface area contributed by atoms with Gasteiger partial charge in [0.15, 0.2) is 8.07 Å². The molecule has 3 heterocycles. The van der Waals surface area contributed by atoms with Gasteiger partial charge in [-0.1, -0.05) is 188 Å². The molecule has 2 nitrogen and oxygen atoms in total. The minimum absolute atomic E-state index is 0.0527. The summed E-state index contributed by atoms with van der Waals surface area (Å²) in [5, 5.41) is 5.74. The molecule has 0 radical (unpaired) electrons. The highest BCUT2D eigenvalue weighted by Crippen LogP contribution is 2.48. The van der Waals surface area contributed by atoms with Crippen molar-refractivity contribution in [2.24, 2.45) is 0 Å². The lowest BCUT2D eigenvalue weighted by Gasteiger charge is -2.51. The van der Waals surface area contributed by atoms with Crippen LogP contribution in [-0.4, -0.2) is 14.8 Å². The van der Waals surface area contributed by atoms with Gasteiger partial charge in [-0.25, -0.2) is 0 Å². The number of hydrogen-bond acceptors (Lipinski definition) is 2. The highest BCUT2D eigenvalue weighted by Gasteiger charge is 2.56. The summed E-state index contributed by atoms with van der Waals surface area (Å²) in [5.74, 6) is 0. The molecule has 0 atom stereocenters. The van der Waals surface area contributed by atoms with Crippen molar-refractivity contribution in [2.45, 2.75) is 0 Å². The first-order valence-corrected chi connectivity index (χ1v) is 22.2. The Morgan fingerprint density at radius 1 is 0.276 bits per heavy atom. The zero-order chi connectivity index (χ0) is 38.2. The van der Waals surface area contributed by atoms with E-state index in [0.717, 1.165) is 0 Å². The van der Waals surface area contributed by atoms with Crippen LogP contribution < -0.4 is 46.9 Å². The molecule has 0 aromatic heterocycles. The van der Waals surface area contributed by atoms with Crippen molar-refractivity contribution in [1.29, 1.82) is 0 Å². The number of anilines is 6. The Hall–Kier alpha value is -7.14. The van der Waals surface area contributed by atoms with E-state index in [9.17, 15) is 0 Å². The van der Waals surface area contributed by atoms with Crippen molar-refractivity contribution in [3.05, 3.63) is 224 Å². The van der Waals surface area contributed by atoms with Gasteiger partial charge in [-0.3, -0.25) is 0 Å². The van der Waals surface area contributed by atoms with Crippen LogP contribution in [0.4, 0.5) is 34.1 Å². The molecule has 9 aromatic rings. The van der Waals surface area contributed by atoms with E-state index in [0.29, 0.717) is 0 Å². The zero-order valence-corrected chi connectivity index (χ0v) is 32.8. The van der Waals surface area contributed by atoms with Crippen LogP contribution in [0.1, 0.15) is 0 Å². The molecule has 0 bridgehead atoms. The van der Waals surface area contributed by atoms with Gasteiger partial charge in [0, 0.05) is 33.9 Å². The fourth-order valence-corrected chi connectivity index (χ4v) is 15.9.